The highest BCUT2D eigenvalue weighted by Crippen LogP contribution is 2.44. The minimum absolute atomic E-state index is 0.0128. The van der Waals surface area contributed by atoms with Crippen LogP contribution in [0, 0.1) is 0 Å². The van der Waals surface area contributed by atoms with Crippen molar-refractivity contribution in [3.05, 3.63) is 108 Å². The summed E-state index contributed by atoms with van der Waals surface area (Å²) in [5, 5.41) is 15.0. The average Bonchev–Trinajstić information content (AvgIpc) is 3.16. The van der Waals surface area contributed by atoms with Crippen molar-refractivity contribution < 1.29 is 14.6 Å². The van der Waals surface area contributed by atoms with Crippen LogP contribution in [0.15, 0.2) is 91.0 Å². The van der Waals surface area contributed by atoms with Crippen molar-refractivity contribution in [2.75, 3.05) is 13.2 Å². The van der Waals surface area contributed by atoms with Gasteiger partial charge in [0.05, 0.1) is 12.6 Å². The van der Waals surface area contributed by atoms with E-state index in [0.717, 1.165) is 16.3 Å². The second-order valence-electron chi connectivity index (χ2n) is 8.19. The summed E-state index contributed by atoms with van der Waals surface area (Å²) in [6, 6.07) is 30.3. The molecular formula is C28H25NO3. The number of hydrogen-bond donors (Lipinski definition) is 2. The molecule has 2 N–H and O–H groups in total. The van der Waals surface area contributed by atoms with E-state index in [2.05, 4.69) is 47.8 Å². The molecule has 1 amide bonds. The van der Waals surface area contributed by atoms with Gasteiger partial charge in [-0.2, -0.15) is 0 Å². The molecule has 4 aromatic rings. The molecule has 0 radical (unpaired) electrons. The summed E-state index contributed by atoms with van der Waals surface area (Å²) in [6.45, 7) is 0.0969. The van der Waals surface area contributed by atoms with Gasteiger partial charge < -0.3 is 15.2 Å². The number of carbonyl (C=O) groups excluding carboxylic acids is 1. The summed E-state index contributed by atoms with van der Waals surface area (Å²) in [6.07, 6.45) is 0.0216. The van der Waals surface area contributed by atoms with Crippen LogP contribution < -0.4 is 5.32 Å². The minimum atomic E-state index is -0.508. The Morgan fingerprint density at radius 1 is 0.844 bits per heavy atom. The van der Waals surface area contributed by atoms with Crippen molar-refractivity contribution in [3.8, 4) is 11.1 Å². The third-order valence-corrected chi connectivity index (χ3v) is 6.23. The first-order valence-electron chi connectivity index (χ1n) is 10.9. The highest BCUT2D eigenvalue weighted by Gasteiger charge is 2.29. The lowest BCUT2D eigenvalue weighted by Crippen LogP contribution is -2.39. The minimum Gasteiger partial charge on any atom is -0.449 e. The largest absolute Gasteiger partial charge is 0.449 e. The number of aliphatic hydroxyl groups excluding tert-OH is 1. The number of amides is 1. The fraction of sp³-hybridized carbons (Fsp3) is 0.179. The SMILES string of the molecule is O=C(N[C@@H](CO)Cc1cccc2ccccc12)OCC1c2ccccc2-c2ccccc21. The quantitative estimate of drug-likeness (QED) is 0.443. The molecule has 0 unspecified atom stereocenters. The molecule has 4 aromatic carbocycles. The predicted molar refractivity (Wildman–Crippen MR) is 127 cm³/mol. The summed E-state index contributed by atoms with van der Waals surface area (Å²) in [5.74, 6) is 0.0128. The summed E-state index contributed by atoms with van der Waals surface area (Å²) >= 11 is 0. The second-order valence-corrected chi connectivity index (χ2v) is 8.19. The van der Waals surface area contributed by atoms with E-state index in [4.69, 9.17) is 4.74 Å². The lowest BCUT2D eigenvalue weighted by molar-refractivity contribution is 0.132. The van der Waals surface area contributed by atoms with Gasteiger partial charge in [0, 0.05) is 5.92 Å². The number of fused-ring (bicyclic) bond motifs is 4. The second kappa shape index (κ2) is 8.85. The van der Waals surface area contributed by atoms with Crippen LogP contribution in [0.1, 0.15) is 22.6 Å². The molecule has 32 heavy (non-hydrogen) atoms. The molecule has 0 heterocycles. The fourth-order valence-corrected chi connectivity index (χ4v) is 4.70. The Balaban J connectivity index is 1.26. The van der Waals surface area contributed by atoms with Gasteiger partial charge in [0.1, 0.15) is 6.61 Å². The van der Waals surface area contributed by atoms with Crippen LogP contribution in [0.25, 0.3) is 21.9 Å². The van der Waals surface area contributed by atoms with Crippen molar-refractivity contribution in [1.29, 1.82) is 0 Å². The molecule has 0 spiro atoms. The Morgan fingerprint density at radius 2 is 1.47 bits per heavy atom. The number of ether oxygens (including phenoxy) is 1. The molecule has 1 atom stereocenters. The molecule has 4 heteroatoms. The van der Waals surface area contributed by atoms with Crippen molar-refractivity contribution in [2.24, 2.45) is 0 Å². The lowest BCUT2D eigenvalue weighted by atomic mass is 9.98. The van der Waals surface area contributed by atoms with Crippen molar-refractivity contribution in [3.63, 3.8) is 0 Å². The van der Waals surface area contributed by atoms with Gasteiger partial charge in [0.15, 0.2) is 0 Å². The highest BCUT2D eigenvalue weighted by molar-refractivity contribution is 5.85. The summed E-state index contributed by atoms with van der Waals surface area (Å²) in [4.78, 5) is 12.6. The van der Waals surface area contributed by atoms with Crippen LogP contribution in [0.5, 0.6) is 0 Å². The molecule has 160 valence electrons. The van der Waals surface area contributed by atoms with Crippen molar-refractivity contribution in [2.45, 2.75) is 18.4 Å². The van der Waals surface area contributed by atoms with E-state index >= 15 is 0 Å². The topological polar surface area (TPSA) is 58.6 Å². The number of alkyl carbamates (subject to hydrolysis) is 1. The monoisotopic (exact) mass is 423 g/mol. The van der Waals surface area contributed by atoms with Gasteiger partial charge in [-0.05, 0) is 45.0 Å². The zero-order chi connectivity index (χ0) is 21.9. The van der Waals surface area contributed by atoms with Gasteiger partial charge in [0.2, 0.25) is 0 Å². The number of carbonyl (C=O) groups is 1. The average molecular weight is 424 g/mol. The molecule has 0 aromatic heterocycles. The van der Waals surface area contributed by atoms with Crippen LogP contribution in [-0.2, 0) is 11.2 Å². The third-order valence-electron chi connectivity index (χ3n) is 6.23. The zero-order valence-corrected chi connectivity index (χ0v) is 17.7. The van der Waals surface area contributed by atoms with Crippen LogP contribution in [-0.4, -0.2) is 30.5 Å². The van der Waals surface area contributed by atoms with Crippen LogP contribution in [0.2, 0.25) is 0 Å². The van der Waals surface area contributed by atoms with Gasteiger partial charge in [-0.25, -0.2) is 4.79 Å². The van der Waals surface area contributed by atoms with Gasteiger partial charge >= 0.3 is 6.09 Å². The van der Waals surface area contributed by atoms with E-state index in [1.807, 2.05) is 48.5 Å². The molecule has 1 aliphatic carbocycles. The molecular weight excluding hydrogens is 398 g/mol. The predicted octanol–water partition coefficient (Wildman–Crippen LogP) is 5.28. The van der Waals surface area contributed by atoms with Crippen LogP contribution in [0.4, 0.5) is 4.79 Å². The molecule has 5 rings (SSSR count). The number of hydrogen-bond acceptors (Lipinski definition) is 3. The van der Waals surface area contributed by atoms with E-state index in [-0.39, 0.29) is 19.1 Å². The number of aliphatic hydroxyl groups is 1. The van der Waals surface area contributed by atoms with Crippen LogP contribution in [0.3, 0.4) is 0 Å². The van der Waals surface area contributed by atoms with Gasteiger partial charge in [-0.15, -0.1) is 0 Å². The summed E-state index contributed by atoms with van der Waals surface area (Å²) < 4.78 is 5.64. The molecule has 0 fully saturated rings. The van der Waals surface area contributed by atoms with E-state index < -0.39 is 12.1 Å². The first kappa shape index (κ1) is 20.3. The first-order valence-corrected chi connectivity index (χ1v) is 10.9. The van der Waals surface area contributed by atoms with Gasteiger partial charge in [-0.3, -0.25) is 0 Å². The lowest BCUT2D eigenvalue weighted by Gasteiger charge is -2.19. The van der Waals surface area contributed by atoms with Gasteiger partial charge in [0.25, 0.3) is 0 Å². The Hall–Kier alpha value is -3.63. The summed E-state index contributed by atoms with van der Waals surface area (Å²) in [7, 11) is 0. The smallest absolute Gasteiger partial charge is 0.407 e. The van der Waals surface area contributed by atoms with E-state index in [9.17, 15) is 9.90 Å². The van der Waals surface area contributed by atoms with E-state index in [0.29, 0.717) is 6.42 Å². The number of nitrogens with one attached hydrogen (secondary N) is 1. The Kier molecular flexibility index (Phi) is 5.61. The van der Waals surface area contributed by atoms with Crippen LogP contribution >= 0.6 is 0 Å². The zero-order valence-electron chi connectivity index (χ0n) is 17.7. The maximum Gasteiger partial charge on any atom is 0.407 e. The van der Waals surface area contributed by atoms with E-state index in [1.165, 1.54) is 22.3 Å². The molecule has 4 nitrogen and oxygen atoms in total. The third kappa shape index (κ3) is 3.85. The highest BCUT2D eigenvalue weighted by atomic mass is 16.5. The normalized spacial score (nSPS) is 13.4. The standard InChI is InChI=1S/C28H25NO3/c30-17-21(16-20-10-7-9-19-8-1-2-11-22(19)20)29-28(31)32-18-27-25-14-5-3-12-23(25)24-13-4-6-15-26(24)27/h1-15,21,27,30H,16-18H2,(H,29,31)/t21-/m1/s1. The Bertz CT molecular complexity index is 1220. The maximum absolute atomic E-state index is 12.6. The Labute approximate surface area is 187 Å². The summed E-state index contributed by atoms with van der Waals surface area (Å²) in [5.41, 5.74) is 5.83. The molecule has 0 bridgehead atoms. The van der Waals surface area contributed by atoms with E-state index in [1.54, 1.807) is 0 Å². The fourth-order valence-electron chi connectivity index (χ4n) is 4.70. The molecule has 0 aliphatic heterocycles. The van der Waals surface area contributed by atoms with Crippen molar-refractivity contribution in [1.82, 2.24) is 5.32 Å². The van der Waals surface area contributed by atoms with Crippen molar-refractivity contribution >= 4 is 16.9 Å². The molecule has 0 saturated carbocycles. The molecule has 0 saturated heterocycles. The first-order chi connectivity index (χ1) is 15.7. The number of benzene rings is 4. The molecule has 1 aliphatic rings. The Morgan fingerprint density at radius 3 is 2.19 bits per heavy atom. The number of rotatable bonds is 6. The van der Waals surface area contributed by atoms with Gasteiger partial charge in [-0.1, -0.05) is 91.0 Å². The maximum atomic E-state index is 12.6.